The zero-order valence-electron chi connectivity index (χ0n) is 19.0. The van der Waals surface area contributed by atoms with Gasteiger partial charge in [-0.2, -0.15) is 0 Å². The van der Waals surface area contributed by atoms with E-state index in [4.69, 9.17) is 0 Å². The minimum absolute atomic E-state index is 0.0520. The summed E-state index contributed by atoms with van der Waals surface area (Å²) in [6, 6.07) is 24.1. The maximum absolute atomic E-state index is 13.4. The Morgan fingerprint density at radius 3 is 2.47 bits per heavy atom. The summed E-state index contributed by atoms with van der Waals surface area (Å²) in [5.41, 5.74) is 3.08. The number of pyridine rings is 1. The maximum Gasteiger partial charge on any atom is 0.293 e. The fourth-order valence-corrected chi connectivity index (χ4v) is 4.77. The van der Waals surface area contributed by atoms with Crippen LogP contribution in [0.1, 0.15) is 15.9 Å². The molecule has 1 saturated heterocycles. The van der Waals surface area contributed by atoms with Gasteiger partial charge in [0.15, 0.2) is 0 Å². The van der Waals surface area contributed by atoms with Crippen LogP contribution in [0.2, 0.25) is 0 Å². The third-order valence-corrected chi connectivity index (χ3v) is 6.60. The van der Waals surface area contributed by atoms with Crippen LogP contribution in [0.15, 0.2) is 89.8 Å². The van der Waals surface area contributed by atoms with Gasteiger partial charge >= 0.3 is 0 Å². The van der Waals surface area contributed by atoms with Crippen molar-refractivity contribution in [2.45, 2.75) is 0 Å². The van der Waals surface area contributed by atoms with E-state index in [1.165, 1.54) is 12.1 Å². The number of fused-ring (bicyclic) bond motifs is 1. The lowest BCUT2D eigenvalue weighted by Crippen LogP contribution is -2.37. The number of nitrogens with one attached hydrogen (secondary N) is 1. The summed E-state index contributed by atoms with van der Waals surface area (Å²) in [7, 11) is 0. The summed E-state index contributed by atoms with van der Waals surface area (Å²) >= 11 is 0.885. The van der Waals surface area contributed by atoms with Crippen LogP contribution < -0.4 is 5.32 Å². The molecule has 8 heteroatoms. The van der Waals surface area contributed by atoms with E-state index in [0.717, 1.165) is 22.2 Å². The number of hydrogen-bond acceptors (Lipinski definition) is 5. The first-order chi connectivity index (χ1) is 17.5. The minimum Gasteiger partial charge on any atom is -0.350 e. The van der Waals surface area contributed by atoms with Crippen molar-refractivity contribution >= 4 is 45.8 Å². The van der Waals surface area contributed by atoms with Crippen molar-refractivity contribution < 1.29 is 18.8 Å². The molecule has 1 aromatic heterocycles. The van der Waals surface area contributed by atoms with Crippen molar-refractivity contribution in [2.24, 2.45) is 0 Å². The molecule has 2 heterocycles. The zero-order chi connectivity index (χ0) is 25.1. The Balaban J connectivity index is 1.32. The lowest BCUT2D eigenvalue weighted by Gasteiger charge is -2.14. The Morgan fingerprint density at radius 1 is 0.972 bits per heavy atom. The molecule has 1 aliphatic heterocycles. The first kappa shape index (κ1) is 23.4. The normalized spacial score (nSPS) is 14.6. The zero-order valence-corrected chi connectivity index (χ0v) is 19.8. The van der Waals surface area contributed by atoms with Crippen molar-refractivity contribution in [3.63, 3.8) is 0 Å². The van der Waals surface area contributed by atoms with Crippen LogP contribution in [-0.2, 0) is 4.79 Å². The summed E-state index contributed by atoms with van der Waals surface area (Å²) in [4.78, 5) is 44.4. The average Bonchev–Trinajstić information content (AvgIpc) is 3.16. The van der Waals surface area contributed by atoms with Crippen LogP contribution in [0, 0.1) is 5.82 Å². The number of hydrogen-bond donors (Lipinski definition) is 1. The van der Waals surface area contributed by atoms with Gasteiger partial charge in [0.05, 0.1) is 21.7 Å². The number of rotatable bonds is 6. The molecular weight excluding hydrogens is 477 g/mol. The highest BCUT2D eigenvalue weighted by Gasteiger charge is 2.34. The third kappa shape index (κ3) is 4.89. The number of carbonyl (C=O) groups excluding carboxylic acids is 3. The molecular formula is C28H20FN3O3S. The molecule has 36 heavy (non-hydrogen) atoms. The van der Waals surface area contributed by atoms with Crippen LogP contribution in [0.3, 0.4) is 0 Å². The quantitative estimate of drug-likeness (QED) is 0.356. The van der Waals surface area contributed by atoms with Gasteiger partial charge in [-0.1, -0.05) is 48.5 Å². The standard InChI is InChI=1S/C28H20FN3O3S/c29-20-12-10-19(11-13-20)24-17-22(21-8-4-5-9-23(21)31-24)26(33)30-14-15-32-27(34)25(36-28(32)35)16-18-6-2-1-3-7-18/h1-13,16-17H,14-15H2,(H,30,33)/b25-16+. The highest BCUT2D eigenvalue weighted by Crippen LogP contribution is 2.32. The van der Waals surface area contributed by atoms with Gasteiger partial charge in [0.1, 0.15) is 5.82 Å². The van der Waals surface area contributed by atoms with E-state index >= 15 is 0 Å². The highest BCUT2D eigenvalue weighted by molar-refractivity contribution is 8.18. The van der Waals surface area contributed by atoms with E-state index in [0.29, 0.717) is 32.6 Å². The number of aromatic nitrogens is 1. The summed E-state index contributed by atoms with van der Waals surface area (Å²) < 4.78 is 13.4. The van der Waals surface area contributed by atoms with Crippen molar-refractivity contribution in [3.05, 3.63) is 107 Å². The Bertz CT molecular complexity index is 1500. The van der Waals surface area contributed by atoms with E-state index < -0.39 is 0 Å². The van der Waals surface area contributed by atoms with Crippen LogP contribution in [0.25, 0.3) is 28.2 Å². The summed E-state index contributed by atoms with van der Waals surface area (Å²) in [6.45, 7) is 0.147. The maximum atomic E-state index is 13.4. The number of para-hydroxylation sites is 1. The molecule has 0 bridgehead atoms. The molecule has 4 aromatic rings. The van der Waals surface area contributed by atoms with E-state index in [2.05, 4.69) is 10.3 Å². The fourth-order valence-electron chi connectivity index (χ4n) is 3.90. The molecule has 0 atom stereocenters. The van der Waals surface area contributed by atoms with Gasteiger partial charge in [-0.25, -0.2) is 9.37 Å². The number of halogens is 1. The molecule has 0 spiro atoms. The van der Waals surface area contributed by atoms with E-state index in [-0.39, 0.29) is 36.0 Å². The number of thioether (sulfide) groups is 1. The highest BCUT2D eigenvalue weighted by atomic mass is 32.2. The molecule has 0 saturated carbocycles. The van der Waals surface area contributed by atoms with Gasteiger partial charge in [0.2, 0.25) is 0 Å². The lowest BCUT2D eigenvalue weighted by molar-refractivity contribution is -0.122. The first-order valence-corrected chi connectivity index (χ1v) is 12.1. The SMILES string of the molecule is O=C(NCCN1C(=O)S/C(=C/c2ccccc2)C1=O)c1cc(-c2ccc(F)cc2)nc2ccccc12. The number of amides is 3. The molecule has 3 aromatic carbocycles. The lowest BCUT2D eigenvalue weighted by atomic mass is 10.0. The predicted octanol–water partition coefficient (Wildman–Crippen LogP) is 5.51. The van der Waals surface area contributed by atoms with Gasteiger partial charge in [-0.3, -0.25) is 19.3 Å². The van der Waals surface area contributed by atoms with E-state index in [1.807, 2.05) is 42.5 Å². The van der Waals surface area contributed by atoms with Crippen molar-refractivity contribution in [1.82, 2.24) is 15.2 Å². The van der Waals surface area contributed by atoms with Crippen LogP contribution in [0.5, 0.6) is 0 Å². The fraction of sp³-hybridized carbons (Fsp3) is 0.0714. The second-order valence-corrected chi connectivity index (χ2v) is 9.07. The number of imide groups is 1. The van der Waals surface area contributed by atoms with E-state index in [9.17, 15) is 18.8 Å². The molecule has 1 fully saturated rings. The van der Waals surface area contributed by atoms with Gasteiger partial charge < -0.3 is 5.32 Å². The second kappa shape index (κ2) is 10.1. The van der Waals surface area contributed by atoms with Crippen LogP contribution in [0.4, 0.5) is 9.18 Å². The number of carbonyl (C=O) groups is 3. The van der Waals surface area contributed by atoms with Crippen LogP contribution in [-0.4, -0.2) is 40.0 Å². The monoisotopic (exact) mass is 497 g/mol. The third-order valence-electron chi connectivity index (χ3n) is 5.69. The van der Waals surface area contributed by atoms with Crippen molar-refractivity contribution in [1.29, 1.82) is 0 Å². The first-order valence-electron chi connectivity index (χ1n) is 11.2. The average molecular weight is 498 g/mol. The molecule has 0 radical (unpaired) electrons. The van der Waals surface area contributed by atoms with Gasteiger partial charge in [-0.15, -0.1) is 0 Å². The Hall–Kier alpha value is -4.30. The Labute approximate surface area is 210 Å². The molecule has 1 aliphatic rings. The topological polar surface area (TPSA) is 79.4 Å². The van der Waals surface area contributed by atoms with Crippen molar-refractivity contribution in [3.8, 4) is 11.3 Å². The molecule has 5 rings (SSSR count). The molecule has 178 valence electrons. The summed E-state index contributed by atoms with van der Waals surface area (Å²) in [5, 5.41) is 3.10. The molecule has 6 nitrogen and oxygen atoms in total. The minimum atomic E-state index is -0.379. The van der Waals surface area contributed by atoms with Gasteiger partial charge in [0.25, 0.3) is 17.1 Å². The smallest absolute Gasteiger partial charge is 0.293 e. The number of benzene rings is 3. The predicted molar refractivity (Wildman–Crippen MR) is 139 cm³/mol. The molecule has 0 aliphatic carbocycles. The largest absolute Gasteiger partial charge is 0.350 e. The molecule has 3 amide bonds. The van der Waals surface area contributed by atoms with Gasteiger partial charge in [-0.05, 0) is 59.8 Å². The van der Waals surface area contributed by atoms with E-state index in [1.54, 1.807) is 36.4 Å². The second-order valence-electron chi connectivity index (χ2n) is 8.08. The Kier molecular flexibility index (Phi) is 6.60. The van der Waals surface area contributed by atoms with Crippen LogP contribution >= 0.6 is 11.8 Å². The van der Waals surface area contributed by atoms with Gasteiger partial charge in [0, 0.05) is 24.0 Å². The molecule has 0 unspecified atom stereocenters. The number of nitrogens with zero attached hydrogens (tertiary/aromatic N) is 2. The Morgan fingerprint density at radius 2 is 1.69 bits per heavy atom. The summed E-state index contributed by atoms with van der Waals surface area (Å²) in [6.07, 6.45) is 1.68. The summed E-state index contributed by atoms with van der Waals surface area (Å²) in [5.74, 6) is -1.09. The molecule has 1 N–H and O–H groups in total. The van der Waals surface area contributed by atoms with Crippen molar-refractivity contribution in [2.75, 3.05) is 13.1 Å².